The van der Waals surface area contributed by atoms with Crippen molar-refractivity contribution in [1.82, 2.24) is 0 Å². The van der Waals surface area contributed by atoms with Crippen LogP contribution in [-0.2, 0) is 0 Å². The van der Waals surface area contributed by atoms with E-state index in [9.17, 15) is 0 Å². The molecule has 1 heterocycles. The first kappa shape index (κ1) is 8.47. The van der Waals surface area contributed by atoms with E-state index in [-0.39, 0.29) is 5.54 Å². The average Bonchev–Trinajstić information content (AvgIpc) is 2.32. The fourth-order valence-corrected chi connectivity index (χ4v) is 1.23. The van der Waals surface area contributed by atoms with Gasteiger partial charge in [0.2, 0.25) is 0 Å². The highest BCUT2D eigenvalue weighted by Crippen LogP contribution is 2.08. The van der Waals surface area contributed by atoms with E-state index in [0.717, 1.165) is 0 Å². The van der Waals surface area contributed by atoms with Gasteiger partial charge in [0.05, 0.1) is 5.54 Å². The molecule has 0 aliphatic carbocycles. The lowest BCUT2D eigenvalue weighted by Gasteiger charge is -2.09. The Morgan fingerprint density at radius 3 is 2.64 bits per heavy atom. The minimum Gasteiger partial charge on any atom is -0.287 e. The van der Waals surface area contributed by atoms with Crippen LogP contribution in [0.3, 0.4) is 0 Å². The molecule has 0 saturated heterocycles. The molecular formula is C9H13NS. The second kappa shape index (κ2) is 3.18. The van der Waals surface area contributed by atoms with E-state index >= 15 is 0 Å². The second-order valence-corrected chi connectivity index (χ2v) is 4.27. The summed E-state index contributed by atoms with van der Waals surface area (Å²) in [5.41, 5.74) is 1.24. The van der Waals surface area contributed by atoms with Gasteiger partial charge in [0, 0.05) is 11.8 Å². The Kier molecular flexibility index (Phi) is 2.45. The monoisotopic (exact) mass is 167 g/mol. The van der Waals surface area contributed by atoms with Crippen molar-refractivity contribution in [2.75, 3.05) is 0 Å². The van der Waals surface area contributed by atoms with Gasteiger partial charge in [0.1, 0.15) is 0 Å². The third kappa shape index (κ3) is 3.33. The summed E-state index contributed by atoms with van der Waals surface area (Å²) >= 11 is 1.70. The van der Waals surface area contributed by atoms with Crippen LogP contribution in [0, 0.1) is 0 Å². The molecule has 0 spiro atoms. The van der Waals surface area contributed by atoms with Crippen LogP contribution in [-0.4, -0.2) is 11.8 Å². The minimum atomic E-state index is 0.0436. The molecule has 0 amide bonds. The highest BCUT2D eigenvalue weighted by Gasteiger charge is 2.04. The third-order valence-electron chi connectivity index (χ3n) is 1.14. The molecule has 0 N–H and O–H groups in total. The van der Waals surface area contributed by atoms with Crippen LogP contribution in [0.4, 0.5) is 0 Å². The maximum Gasteiger partial charge on any atom is 0.0524 e. The summed E-state index contributed by atoms with van der Waals surface area (Å²) in [6.45, 7) is 6.28. The van der Waals surface area contributed by atoms with Crippen molar-refractivity contribution in [1.29, 1.82) is 0 Å². The zero-order valence-electron chi connectivity index (χ0n) is 7.16. The molecule has 0 unspecified atom stereocenters. The first-order valence-electron chi connectivity index (χ1n) is 3.65. The van der Waals surface area contributed by atoms with Crippen LogP contribution in [0.2, 0.25) is 0 Å². The fraction of sp³-hybridized carbons (Fsp3) is 0.444. The Bertz CT molecular complexity index is 229. The van der Waals surface area contributed by atoms with E-state index in [4.69, 9.17) is 0 Å². The fourth-order valence-electron chi connectivity index (χ4n) is 0.617. The van der Waals surface area contributed by atoms with Crippen molar-refractivity contribution < 1.29 is 0 Å². The molecule has 0 aliphatic heterocycles. The number of hydrogen-bond donors (Lipinski definition) is 0. The van der Waals surface area contributed by atoms with Crippen molar-refractivity contribution in [3.8, 4) is 0 Å². The molecule has 2 heteroatoms. The van der Waals surface area contributed by atoms with Gasteiger partial charge in [-0.3, -0.25) is 4.99 Å². The molecule has 1 aromatic heterocycles. The average molecular weight is 167 g/mol. The number of nitrogens with zero attached hydrogens (tertiary/aromatic N) is 1. The lowest BCUT2D eigenvalue weighted by molar-refractivity contribution is 0.587. The predicted octanol–water partition coefficient (Wildman–Crippen LogP) is 2.97. The molecular weight excluding hydrogens is 154 g/mol. The van der Waals surface area contributed by atoms with Crippen LogP contribution in [0.1, 0.15) is 26.3 Å². The van der Waals surface area contributed by atoms with Crippen LogP contribution in [0.25, 0.3) is 0 Å². The van der Waals surface area contributed by atoms with Crippen LogP contribution < -0.4 is 0 Å². The van der Waals surface area contributed by atoms with E-state index in [0.29, 0.717) is 0 Å². The lowest BCUT2D eigenvalue weighted by atomic mass is 10.1. The van der Waals surface area contributed by atoms with Crippen LogP contribution in [0.15, 0.2) is 21.8 Å². The quantitative estimate of drug-likeness (QED) is 0.570. The summed E-state index contributed by atoms with van der Waals surface area (Å²) in [5, 5.41) is 4.15. The van der Waals surface area contributed by atoms with Crippen molar-refractivity contribution in [3.63, 3.8) is 0 Å². The molecule has 0 aromatic carbocycles. The Hall–Kier alpha value is -0.630. The van der Waals surface area contributed by atoms with Crippen molar-refractivity contribution >= 4 is 17.6 Å². The molecule has 0 fully saturated rings. The SMILES string of the molecule is CC(C)(C)N=Cc1ccsc1. The van der Waals surface area contributed by atoms with Crippen LogP contribution in [0.5, 0.6) is 0 Å². The summed E-state index contributed by atoms with van der Waals surface area (Å²) < 4.78 is 0. The summed E-state index contributed by atoms with van der Waals surface area (Å²) in [7, 11) is 0. The molecule has 60 valence electrons. The first-order valence-corrected chi connectivity index (χ1v) is 4.60. The van der Waals surface area contributed by atoms with Gasteiger partial charge < -0.3 is 0 Å². The summed E-state index contributed by atoms with van der Waals surface area (Å²) in [5.74, 6) is 0. The number of aliphatic imine (C=N–C) groups is 1. The topological polar surface area (TPSA) is 12.4 Å². The smallest absolute Gasteiger partial charge is 0.0524 e. The predicted molar refractivity (Wildman–Crippen MR) is 51.7 cm³/mol. The highest BCUT2D eigenvalue weighted by atomic mass is 32.1. The van der Waals surface area contributed by atoms with E-state index in [1.165, 1.54) is 5.56 Å². The third-order valence-corrected chi connectivity index (χ3v) is 1.85. The van der Waals surface area contributed by atoms with Gasteiger partial charge in [0.15, 0.2) is 0 Å². The van der Waals surface area contributed by atoms with E-state index in [1.54, 1.807) is 11.3 Å². The van der Waals surface area contributed by atoms with Crippen molar-refractivity contribution in [3.05, 3.63) is 22.4 Å². The van der Waals surface area contributed by atoms with Crippen LogP contribution >= 0.6 is 11.3 Å². The maximum absolute atomic E-state index is 4.38. The largest absolute Gasteiger partial charge is 0.287 e. The number of hydrogen-bond acceptors (Lipinski definition) is 2. The van der Waals surface area contributed by atoms with Gasteiger partial charge in [-0.1, -0.05) is 0 Å². The highest BCUT2D eigenvalue weighted by molar-refractivity contribution is 7.08. The van der Waals surface area contributed by atoms with E-state index in [1.807, 2.05) is 6.21 Å². The summed E-state index contributed by atoms with van der Waals surface area (Å²) in [6, 6.07) is 2.07. The van der Waals surface area contributed by atoms with Crippen molar-refractivity contribution in [2.45, 2.75) is 26.3 Å². The first-order chi connectivity index (χ1) is 5.08. The lowest BCUT2D eigenvalue weighted by Crippen LogP contribution is -2.09. The van der Waals surface area contributed by atoms with Gasteiger partial charge in [-0.25, -0.2) is 0 Å². The van der Waals surface area contributed by atoms with E-state index < -0.39 is 0 Å². The molecule has 1 rings (SSSR count). The van der Waals surface area contributed by atoms with Crippen molar-refractivity contribution in [2.24, 2.45) is 4.99 Å². The van der Waals surface area contributed by atoms with Gasteiger partial charge >= 0.3 is 0 Å². The summed E-state index contributed by atoms with van der Waals surface area (Å²) in [6.07, 6.45) is 1.93. The molecule has 0 aliphatic rings. The zero-order chi connectivity index (χ0) is 8.32. The molecule has 0 atom stereocenters. The second-order valence-electron chi connectivity index (χ2n) is 3.49. The number of rotatable bonds is 1. The van der Waals surface area contributed by atoms with Gasteiger partial charge in [-0.05, 0) is 37.6 Å². The Morgan fingerprint density at radius 1 is 1.45 bits per heavy atom. The Labute approximate surface area is 71.8 Å². The molecule has 1 aromatic rings. The molecule has 0 bridgehead atoms. The molecule has 1 nitrogen and oxygen atoms in total. The molecule has 0 saturated carbocycles. The van der Waals surface area contributed by atoms with E-state index in [2.05, 4.69) is 42.6 Å². The molecule has 11 heavy (non-hydrogen) atoms. The zero-order valence-corrected chi connectivity index (χ0v) is 7.98. The maximum atomic E-state index is 4.38. The Morgan fingerprint density at radius 2 is 2.18 bits per heavy atom. The summed E-state index contributed by atoms with van der Waals surface area (Å²) in [4.78, 5) is 4.38. The molecule has 0 radical (unpaired) electrons. The standard InChI is InChI=1S/C9H13NS/c1-9(2,3)10-6-8-4-5-11-7-8/h4-7H,1-3H3. The van der Waals surface area contributed by atoms with Gasteiger partial charge in [-0.15, -0.1) is 0 Å². The number of thiophene rings is 1. The minimum absolute atomic E-state index is 0.0436. The normalized spacial score (nSPS) is 12.6. The Balaban J connectivity index is 2.63. The van der Waals surface area contributed by atoms with Gasteiger partial charge in [0.25, 0.3) is 0 Å². The van der Waals surface area contributed by atoms with Gasteiger partial charge in [-0.2, -0.15) is 11.3 Å².